The number of carbonyl (C=O) groups excluding carboxylic acids is 1. The zero-order chi connectivity index (χ0) is 12.8. The monoisotopic (exact) mass is 241 g/mol. The third kappa shape index (κ3) is 3.35. The molecule has 1 rings (SSSR count). The van der Waals surface area contributed by atoms with Crippen LogP contribution in [0, 0.1) is 0 Å². The third-order valence-corrected chi connectivity index (χ3v) is 1.82. The number of carbonyl (C=O) groups is 2. The van der Waals surface area contributed by atoms with E-state index in [1.54, 1.807) is 0 Å². The van der Waals surface area contributed by atoms with Crippen molar-refractivity contribution in [3.63, 3.8) is 0 Å². The number of aliphatic carboxylic acids is 1. The normalized spacial score (nSPS) is 9.71. The van der Waals surface area contributed by atoms with E-state index in [2.05, 4.69) is 4.84 Å². The Labute approximate surface area is 96.5 Å². The number of benzene rings is 1. The van der Waals surface area contributed by atoms with Crippen LogP contribution in [-0.2, 0) is 9.63 Å². The molecule has 92 valence electrons. The van der Waals surface area contributed by atoms with E-state index in [9.17, 15) is 14.7 Å². The molecule has 0 heterocycles. The molecule has 0 spiro atoms. The molecule has 0 saturated heterocycles. The number of carboxylic acid groups (broad SMARTS) is 1. The van der Waals surface area contributed by atoms with Crippen LogP contribution in [0.4, 0.5) is 0 Å². The van der Waals surface area contributed by atoms with E-state index in [4.69, 9.17) is 9.84 Å². The lowest BCUT2D eigenvalue weighted by Gasteiger charge is -2.08. The molecule has 1 aromatic carbocycles. The SMILES string of the molecule is COc1cccc(C(=O)NOCC(=O)O)c1O. The minimum absolute atomic E-state index is 0.0743. The first-order valence-corrected chi connectivity index (χ1v) is 4.56. The second-order valence-corrected chi connectivity index (χ2v) is 2.97. The number of amides is 1. The van der Waals surface area contributed by atoms with Crippen LogP contribution in [-0.4, -0.2) is 35.8 Å². The van der Waals surface area contributed by atoms with Crippen molar-refractivity contribution < 1.29 is 29.4 Å². The van der Waals surface area contributed by atoms with Crippen molar-refractivity contribution in [2.75, 3.05) is 13.7 Å². The highest BCUT2D eigenvalue weighted by Gasteiger charge is 2.14. The van der Waals surface area contributed by atoms with Gasteiger partial charge in [-0.1, -0.05) is 6.07 Å². The van der Waals surface area contributed by atoms with Gasteiger partial charge in [0.05, 0.1) is 12.7 Å². The van der Waals surface area contributed by atoms with Gasteiger partial charge in [-0.15, -0.1) is 0 Å². The van der Waals surface area contributed by atoms with Gasteiger partial charge in [0.2, 0.25) is 0 Å². The number of nitrogens with one attached hydrogen (secondary N) is 1. The van der Waals surface area contributed by atoms with Crippen LogP contribution in [0.5, 0.6) is 11.5 Å². The largest absolute Gasteiger partial charge is 0.504 e. The smallest absolute Gasteiger partial charge is 0.332 e. The summed E-state index contributed by atoms with van der Waals surface area (Å²) in [6.45, 7) is -0.670. The van der Waals surface area contributed by atoms with E-state index in [1.807, 2.05) is 5.48 Å². The Kier molecular flexibility index (Phi) is 4.29. The van der Waals surface area contributed by atoms with Crippen molar-refractivity contribution >= 4 is 11.9 Å². The van der Waals surface area contributed by atoms with Gasteiger partial charge in [0.25, 0.3) is 5.91 Å². The molecule has 0 unspecified atom stereocenters. The maximum Gasteiger partial charge on any atom is 0.332 e. The summed E-state index contributed by atoms with van der Waals surface area (Å²) in [5.74, 6) is -2.19. The lowest BCUT2D eigenvalue weighted by atomic mass is 10.2. The van der Waals surface area contributed by atoms with Crippen molar-refractivity contribution in [3.8, 4) is 11.5 Å². The number of ether oxygens (including phenoxy) is 1. The number of aromatic hydroxyl groups is 1. The number of rotatable bonds is 5. The summed E-state index contributed by atoms with van der Waals surface area (Å²) >= 11 is 0. The predicted octanol–water partition coefficient (Wildman–Crippen LogP) is 0.147. The molecule has 0 atom stereocenters. The van der Waals surface area contributed by atoms with Crippen LogP contribution in [0.2, 0.25) is 0 Å². The Hall–Kier alpha value is -2.28. The van der Waals surface area contributed by atoms with Crippen molar-refractivity contribution in [1.82, 2.24) is 5.48 Å². The minimum Gasteiger partial charge on any atom is -0.504 e. The molecule has 1 amide bonds. The number of phenolic OH excluding ortho intramolecular Hbond substituents is 1. The molecule has 17 heavy (non-hydrogen) atoms. The van der Waals surface area contributed by atoms with Crippen LogP contribution in [0.15, 0.2) is 18.2 Å². The summed E-state index contributed by atoms with van der Waals surface area (Å²) in [5.41, 5.74) is 1.81. The second-order valence-electron chi connectivity index (χ2n) is 2.97. The molecule has 0 aliphatic rings. The van der Waals surface area contributed by atoms with Gasteiger partial charge in [-0.25, -0.2) is 10.3 Å². The molecule has 0 bridgehead atoms. The molecule has 7 nitrogen and oxygen atoms in total. The van der Waals surface area contributed by atoms with E-state index < -0.39 is 18.5 Å². The first-order chi connectivity index (χ1) is 8.06. The summed E-state index contributed by atoms with van der Waals surface area (Å²) in [6.07, 6.45) is 0. The fourth-order valence-electron chi connectivity index (χ4n) is 1.09. The average molecular weight is 241 g/mol. The zero-order valence-electron chi connectivity index (χ0n) is 8.97. The molecule has 0 fully saturated rings. The van der Waals surface area contributed by atoms with E-state index in [-0.39, 0.29) is 17.1 Å². The topological polar surface area (TPSA) is 105 Å². The van der Waals surface area contributed by atoms with Crippen molar-refractivity contribution in [2.24, 2.45) is 0 Å². The third-order valence-electron chi connectivity index (χ3n) is 1.82. The maximum absolute atomic E-state index is 11.5. The van der Waals surface area contributed by atoms with E-state index in [0.717, 1.165) is 0 Å². The zero-order valence-corrected chi connectivity index (χ0v) is 8.97. The highest BCUT2D eigenvalue weighted by atomic mass is 16.7. The summed E-state index contributed by atoms with van der Waals surface area (Å²) in [6, 6.07) is 4.33. The highest BCUT2D eigenvalue weighted by molar-refractivity contribution is 5.97. The molecule has 0 aliphatic heterocycles. The molecular weight excluding hydrogens is 230 g/mol. The van der Waals surface area contributed by atoms with E-state index >= 15 is 0 Å². The number of para-hydroxylation sites is 1. The van der Waals surface area contributed by atoms with Crippen LogP contribution in [0.1, 0.15) is 10.4 Å². The maximum atomic E-state index is 11.5. The fourth-order valence-corrected chi connectivity index (χ4v) is 1.09. The van der Waals surface area contributed by atoms with Crippen molar-refractivity contribution in [3.05, 3.63) is 23.8 Å². The first kappa shape index (κ1) is 12.8. The molecule has 7 heteroatoms. The predicted molar refractivity (Wildman–Crippen MR) is 55.7 cm³/mol. The Morgan fingerprint density at radius 3 is 2.71 bits per heavy atom. The van der Waals surface area contributed by atoms with Crippen LogP contribution in [0.3, 0.4) is 0 Å². The number of phenols is 1. The molecular formula is C10H11NO6. The van der Waals surface area contributed by atoms with E-state index in [0.29, 0.717) is 0 Å². The van der Waals surface area contributed by atoms with Gasteiger partial charge in [-0.05, 0) is 12.1 Å². The number of hydrogen-bond donors (Lipinski definition) is 3. The van der Waals surface area contributed by atoms with Crippen LogP contribution in [0.25, 0.3) is 0 Å². The summed E-state index contributed by atoms with van der Waals surface area (Å²) in [7, 11) is 1.34. The number of hydrogen-bond acceptors (Lipinski definition) is 5. The number of carboxylic acids is 1. The van der Waals surface area contributed by atoms with Crippen molar-refractivity contribution in [1.29, 1.82) is 0 Å². The Morgan fingerprint density at radius 2 is 2.12 bits per heavy atom. The molecule has 3 N–H and O–H groups in total. The van der Waals surface area contributed by atoms with Crippen LogP contribution < -0.4 is 10.2 Å². The van der Waals surface area contributed by atoms with Crippen LogP contribution >= 0.6 is 0 Å². The minimum atomic E-state index is -1.22. The fraction of sp³-hybridized carbons (Fsp3) is 0.200. The quantitative estimate of drug-likeness (QED) is 0.633. The average Bonchev–Trinajstić information content (AvgIpc) is 2.28. The summed E-state index contributed by atoms with van der Waals surface area (Å²) in [4.78, 5) is 26.0. The van der Waals surface area contributed by atoms with E-state index in [1.165, 1.54) is 25.3 Å². The lowest BCUT2D eigenvalue weighted by Crippen LogP contribution is -2.26. The molecule has 0 aliphatic carbocycles. The number of hydroxylamine groups is 1. The molecule has 0 saturated carbocycles. The van der Waals surface area contributed by atoms with Gasteiger partial charge in [-0.2, -0.15) is 0 Å². The Bertz CT molecular complexity index is 431. The molecule has 0 aromatic heterocycles. The summed E-state index contributed by atoms with van der Waals surface area (Å²) < 4.78 is 4.81. The van der Waals surface area contributed by atoms with Gasteiger partial charge in [0.1, 0.15) is 0 Å². The van der Waals surface area contributed by atoms with Gasteiger partial charge in [0.15, 0.2) is 18.1 Å². The standard InChI is InChI=1S/C10H11NO6/c1-16-7-4-2-3-6(9(7)14)10(15)11-17-5-8(12)13/h2-4,14H,5H2,1H3,(H,11,15)(H,12,13). The number of methoxy groups -OCH3 is 1. The second kappa shape index (κ2) is 5.71. The van der Waals surface area contributed by atoms with Gasteiger partial charge >= 0.3 is 5.97 Å². The van der Waals surface area contributed by atoms with Gasteiger partial charge in [0, 0.05) is 0 Å². The van der Waals surface area contributed by atoms with Gasteiger partial charge < -0.3 is 14.9 Å². The Morgan fingerprint density at radius 1 is 1.41 bits per heavy atom. The Balaban J connectivity index is 2.72. The first-order valence-electron chi connectivity index (χ1n) is 4.56. The molecule has 1 aromatic rings. The molecule has 0 radical (unpaired) electrons. The summed E-state index contributed by atoms with van der Waals surface area (Å²) in [5, 5.41) is 17.9. The van der Waals surface area contributed by atoms with Crippen molar-refractivity contribution in [2.45, 2.75) is 0 Å². The lowest BCUT2D eigenvalue weighted by molar-refractivity contribution is -0.144. The highest BCUT2D eigenvalue weighted by Crippen LogP contribution is 2.28. The van der Waals surface area contributed by atoms with Gasteiger partial charge in [-0.3, -0.25) is 9.63 Å².